The van der Waals surface area contributed by atoms with Crippen LogP contribution in [0.5, 0.6) is 0 Å². The van der Waals surface area contributed by atoms with Crippen LogP contribution in [0.15, 0.2) is 12.3 Å². The van der Waals surface area contributed by atoms with Crippen molar-refractivity contribution in [3.8, 4) is 0 Å². The van der Waals surface area contributed by atoms with Gasteiger partial charge in [-0.2, -0.15) is 5.10 Å². The number of aromatic nitrogens is 2. The summed E-state index contributed by atoms with van der Waals surface area (Å²) >= 11 is 0. The number of hydrogen-bond donors (Lipinski definition) is 1. The van der Waals surface area contributed by atoms with E-state index in [1.54, 1.807) is 0 Å². The minimum absolute atomic E-state index is 0.961. The Bertz CT molecular complexity index is 301. The summed E-state index contributed by atoms with van der Waals surface area (Å²) in [6.07, 6.45) is 1.86. The van der Waals surface area contributed by atoms with Crippen molar-refractivity contribution in [1.82, 2.24) is 20.0 Å². The van der Waals surface area contributed by atoms with Gasteiger partial charge in [0, 0.05) is 46.5 Å². The molecule has 1 aliphatic rings. The Labute approximate surface area is 90.7 Å². The molecule has 1 aliphatic heterocycles. The summed E-state index contributed by atoms with van der Waals surface area (Å²) in [6.45, 7) is 5.30. The molecule has 84 valence electrons. The minimum Gasteiger partial charge on any atom is -0.363 e. The van der Waals surface area contributed by atoms with E-state index >= 15 is 0 Å². The molecule has 0 atom stereocenters. The van der Waals surface area contributed by atoms with Gasteiger partial charge in [0.15, 0.2) is 0 Å². The number of rotatable bonds is 4. The van der Waals surface area contributed by atoms with Gasteiger partial charge < -0.3 is 10.2 Å². The van der Waals surface area contributed by atoms with Crippen LogP contribution in [0.4, 0.5) is 5.82 Å². The zero-order valence-electron chi connectivity index (χ0n) is 9.48. The van der Waals surface area contributed by atoms with E-state index in [9.17, 15) is 0 Å². The first-order valence-corrected chi connectivity index (χ1v) is 5.39. The van der Waals surface area contributed by atoms with Crippen LogP contribution in [0.3, 0.4) is 0 Å². The maximum atomic E-state index is 4.33. The molecule has 5 heteroatoms. The second-order valence-electron chi connectivity index (χ2n) is 4.08. The average molecular weight is 209 g/mol. The van der Waals surface area contributed by atoms with Gasteiger partial charge in [-0.15, -0.1) is 0 Å². The van der Waals surface area contributed by atoms with E-state index < -0.39 is 0 Å². The fraction of sp³-hybridized carbons (Fsp3) is 0.700. The van der Waals surface area contributed by atoms with Crippen LogP contribution in [0.1, 0.15) is 0 Å². The van der Waals surface area contributed by atoms with Gasteiger partial charge in [-0.1, -0.05) is 0 Å². The second kappa shape index (κ2) is 4.63. The molecule has 0 spiro atoms. The summed E-state index contributed by atoms with van der Waals surface area (Å²) in [5.74, 6) is 1.17. The molecule has 2 heterocycles. The molecule has 0 aromatic carbocycles. The third-order valence-electron chi connectivity index (χ3n) is 2.72. The molecule has 2 rings (SSSR count). The molecule has 0 bridgehead atoms. The van der Waals surface area contributed by atoms with Crippen LogP contribution in [0, 0.1) is 0 Å². The van der Waals surface area contributed by atoms with Crippen molar-refractivity contribution in [3.05, 3.63) is 12.3 Å². The average Bonchev–Trinajstić information content (AvgIpc) is 2.86. The van der Waals surface area contributed by atoms with Crippen molar-refractivity contribution >= 4 is 5.82 Å². The van der Waals surface area contributed by atoms with Gasteiger partial charge in [0.2, 0.25) is 0 Å². The highest BCUT2D eigenvalue weighted by atomic mass is 15.4. The van der Waals surface area contributed by atoms with E-state index in [2.05, 4.69) is 24.9 Å². The Kier molecular flexibility index (Phi) is 3.23. The van der Waals surface area contributed by atoms with Crippen LogP contribution < -0.4 is 10.2 Å². The summed E-state index contributed by atoms with van der Waals surface area (Å²) in [4.78, 5) is 4.50. The Balaban J connectivity index is 1.89. The largest absolute Gasteiger partial charge is 0.363 e. The van der Waals surface area contributed by atoms with Crippen molar-refractivity contribution in [3.63, 3.8) is 0 Å². The lowest BCUT2D eigenvalue weighted by molar-refractivity contribution is 0.313. The molecule has 1 aromatic heterocycles. The minimum atomic E-state index is 0.961. The molecule has 0 saturated carbocycles. The summed E-state index contributed by atoms with van der Waals surface area (Å²) in [5.41, 5.74) is 0. The molecule has 0 unspecified atom stereocenters. The van der Waals surface area contributed by atoms with Crippen molar-refractivity contribution in [1.29, 1.82) is 0 Å². The van der Waals surface area contributed by atoms with Crippen LogP contribution in [0.2, 0.25) is 0 Å². The van der Waals surface area contributed by atoms with Crippen LogP contribution in [0.25, 0.3) is 0 Å². The third kappa shape index (κ3) is 2.49. The van der Waals surface area contributed by atoms with Crippen molar-refractivity contribution < 1.29 is 0 Å². The molecular weight excluding hydrogens is 190 g/mol. The van der Waals surface area contributed by atoms with Crippen LogP contribution in [-0.2, 0) is 6.54 Å². The normalized spacial score (nSPS) is 17.2. The first-order chi connectivity index (χ1) is 7.27. The molecule has 1 N–H and O–H groups in total. The first kappa shape index (κ1) is 10.4. The summed E-state index contributed by atoms with van der Waals surface area (Å²) in [6, 6.07) is 2.04. The lowest BCUT2D eigenvalue weighted by Crippen LogP contribution is -2.27. The fourth-order valence-electron chi connectivity index (χ4n) is 1.86. The smallest absolute Gasteiger partial charge is 0.126 e. The zero-order valence-corrected chi connectivity index (χ0v) is 9.48. The van der Waals surface area contributed by atoms with E-state index in [1.165, 1.54) is 5.82 Å². The maximum Gasteiger partial charge on any atom is 0.126 e. The molecule has 15 heavy (non-hydrogen) atoms. The van der Waals surface area contributed by atoms with E-state index in [4.69, 9.17) is 0 Å². The molecule has 1 aromatic rings. The predicted octanol–water partition coefficient (Wildman–Crippen LogP) is -0.188. The topological polar surface area (TPSA) is 36.3 Å². The Morgan fingerprint density at radius 2 is 2.33 bits per heavy atom. The molecule has 0 amide bonds. The quantitative estimate of drug-likeness (QED) is 0.746. The van der Waals surface area contributed by atoms with Gasteiger partial charge in [0.25, 0.3) is 0 Å². The predicted molar refractivity (Wildman–Crippen MR) is 61.0 cm³/mol. The molecule has 1 fully saturated rings. The summed E-state index contributed by atoms with van der Waals surface area (Å²) in [7, 11) is 4.09. The van der Waals surface area contributed by atoms with Gasteiger partial charge in [-0.25, -0.2) is 4.68 Å². The lowest BCUT2D eigenvalue weighted by Gasteiger charge is -2.17. The number of nitrogens with zero attached hydrogens (tertiary/aromatic N) is 4. The highest BCUT2D eigenvalue weighted by Gasteiger charge is 2.11. The van der Waals surface area contributed by atoms with E-state index in [0.29, 0.717) is 0 Å². The number of anilines is 1. The van der Waals surface area contributed by atoms with Gasteiger partial charge in [-0.05, 0) is 0 Å². The van der Waals surface area contributed by atoms with Crippen molar-refractivity contribution in [2.24, 2.45) is 0 Å². The van der Waals surface area contributed by atoms with E-state index in [0.717, 1.165) is 32.8 Å². The van der Waals surface area contributed by atoms with Gasteiger partial charge in [0.1, 0.15) is 5.82 Å². The molecular formula is C10H19N5. The maximum absolute atomic E-state index is 4.33. The van der Waals surface area contributed by atoms with Crippen molar-refractivity contribution in [2.75, 3.05) is 45.3 Å². The molecule has 0 radical (unpaired) electrons. The Morgan fingerprint density at radius 3 is 3.00 bits per heavy atom. The van der Waals surface area contributed by atoms with E-state index in [-0.39, 0.29) is 0 Å². The third-order valence-corrected chi connectivity index (χ3v) is 2.72. The lowest BCUT2D eigenvalue weighted by atomic mass is 10.5. The zero-order chi connectivity index (χ0) is 10.7. The monoisotopic (exact) mass is 209 g/mol. The summed E-state index contributed by atoms with van der Waals surface area (Å²) in [5, 5.41) is 7.65. The number of nitrogens with one attached hydrogen (secondary N) is 1. The van der Waals surface area contributed by atoms with Gasteiger partial charge in [-0.3, -0.25) is 4.90 Å². The standard InChI is InChI=1S/C10H19N5/c1-13(2)10-3-4-12-15(10)8-7-14-6-5-11-9-14/h3-4,11H,5-9H2,1-2H3. The highest BCUT2D eigenvalue weighted by molar-refractivity contribution is 5.35. The Morgan fingerprint density at radius 1 is 1.47 bits per heavy atom. The molecule has 1 saturated heterocycles. The van der Waals surface area contributed by atoms with Gasteiger partial charge >= 0.3 is 0 Å². The molecule has 0 aliphatic carbocycles. The van der Waals surface area contributed by atoms with Crippen molar-refractivity contribution in [2.45, 2.75) is 6.54 Å². The molecule has 5 nitrogen and oxygen atoms in total. The fourth-order valence-corrected chi connectivity index (χ4v) is 1.86. The van der Waals surface area contributed by atoms with Crippen LogP contribution >= 0.6 is 0 Å². The van der Waals surface area contributed by atoms with Crippen LogP contribution in [-0.4, -0.2) is 55.1 Å². The number of hydrogen-bond acceptors (Lipinski definition) is 4. The summed E-state index contributed by atoms with van der Waals surface area (Å²) < 4.78 is 2.05. The second-order valence-corrected chi connectivity index (χ2v) is 4.08. The van der Waals surface area contributed by atoms with Gasteiger partial charge in [0.05, 0.1) is 12.7 Å². The highest BCUT2D eigenvalue weighted by Crippen LogP contribution is 2.09. The SMILES string of the molecule is CN(C)c1ccnn1CCN1CCNC1. The first-order valence-electron chi connectivity index (χ1n) is 5.39. The Hall–Kier alpha value is -1.07. The van der Waals surface area contributed by atoms with E-state index in [1.807, 2.05) is 26.4 Å².